The molecule has 0 N–H and O–H groups in total. The lowest BCUT2D eigenvalue weighted by molar-refractivity contribution is -0.143. The SMILES string of the molecule is COC(=O)C(COc1ccccc1OC)c1cccnc1. The van der Waals surface area contributed by atoms with Gasteiger partial charge in [-0.05, 0) is 23.8 Å². The molecule has 0 amide bonds. The van der Waals surface area contributed by atoms with Crippen LogP contribution in [-0.2, 0) is 9.53 Å². The van der Waals surface area contributed by atoms with Gasteiger partial charge in [-0.3, -0.25) is 9.78 Å². The van der Waals surface area contributed by atoms with Crippen LogP contribution in [0.4, 0.5) is 0 Å². The van der Waals surface area contributed by atoms with Gasteiger partial charge in [0.25, 0.3) is 0 Å². The Labute approximate surface area is 123 Å². The Morgan fingerprint density at radius 3 is 2.52 bits per heavy atom. The molecule has 110 valence electrons. The zero-order valence-corrected chi connectivity index (χ0v) is 12.0. The largest absolute Gasteiger partial charge is 0.493 e. The highest BCUT2D eigenvalue weighted by atomic mass is 16.5. The molecule has 1 aromatic carbocycles. The molecule has 2 rings (SSSR count). The second kappa shape index (κ2) is 7.28. The van der Waals surface area contributed by atoms with Crippen molar-refractivity contribution in [2.24, 2.45) is 0 Å². The van der Waals surface area contributed by atoms with Crippen LogP contribution in [0.1, 0.15) is 11.5 Å². The zero-order chi connectivity index (χ0) is 15.1. The molecule has 0 fully saturated rings. The number of methoxy groups -OCH3 is 2. The van der Waals surface area contributed by atoms with Gasteiger partial charge in [-0.1, -0.05) is 18.2 Å². The summed E-state index contributed by atoms with van der Waals surface area (Å²) in [6.07, 6.45) is 3.28. The van der Waals surface area contributed by atoms with Gasteiger partial charge in [-0.15, -0.1) is 0 Å². The van der Waals surface area contributed by atoms with Gasteiger partial charge in [0.1, 0.15) is 12.5 Å². The molecule has 5 heteroatoms. The van der Waals surface area contributed by atoms with Gasteiger partial charge in [0.15, 0.2) is 11.5 Å². The number of carbonyl (C=O) groups is 1. The quantitative estimate of drug-likeness (QED) is 0.764. The molecule has 0 bridgehead atoms. The summed E-state index contributed by atoms with van der Waals surface area (Å²) in [5, 5.41) is 0. The van der Waals surface area contributed by atoms with Crippen molar-refractivity contribution in [2.45, 2.75) is 5.92 Å². The number of hydrogen-bond acceptors (Lipinski definition) is 5. The fourth-order valence-electron chi connectivity index (χ4n) is 1.94. The van der Waals surface area contributed by atoms with Gasteiger partial charge < -0.3 is 14.2 Å². The number of benzene rings is 1. The molecule has 1 heterocycles. The first kappa shape index (κ1) is 14.8. The van der Waals surface area contributed by atoms with E-state index in [0.717, 1.165) is 5.56 Å². The summed E-state index contributed by atoms with van der Waals surface area (Å²) < 4.78 is 15.8. The van der Waals surface area contributed by atoms with Gasteiger partial charge >= 0.3 is 5.97 Å². The second-order valence-electron chi connectivity index (χ2n) is 4.32. The third kappa shape index (κ3) is 3.72. The molecule has 0 aliphatic carbocycles. The van der Waals surface area contributed by atoms with E-state index in [1.807, 2.05) is 18.2 Å². The zero-order valence-electron chi connectivity index (χ0n) is 12.0. The van der Waals surface area contributed by atoms with Gasteiger partial charge in [0.05, 0.1) is 14.2 Å². The first-order valence-corrected chi connectivity index (χ1v) is 6.50. The van der Waals surface area contributed by atoms with Crippen molar-refractivity contribution in [3.05, 3.63) is 54.4 Å². The molecular weight excluding hydrogens is 270 g/mol. The first-order valence-electron chi connectivity index (χ1n) is 6.50. The normalized spacial score (nSPS) is 11.5. The Bertz CT molecular complexity index is 586. The number of esters is 1. The molecular formula is C16H17NO4. The maximum atomic E-state index is 11.9. The van der Waals surface area contributed by atoms with Crippen molar-refractivity contribution < 1.29 is 19.0 Å². The van der Waals surface area contributed by atoms with E-state index in [9.17, 15) is 4.79 Å². The Balaban J connectivity index is 2.15. The Morgan fingerprint density at radius 2 is 1.90 bits per heavy atom. The van der Waals surface area contributed by atoms with Crippen molar-refractivity contribution in [2.75, 3.05) is 20.8 Å². The second-order valence-corrected chi connectivity index (χ2v) is 4.32. The summed E-state index contributed by atoms with van der Waals surface area (Å²) in [6.45, 7) is 0.152. The summed E-state index contributed by atoms with van der Waals surface area (Å²) >= 11 is 0. The third-order valence-corrected chi connectivity index (χ3v) is 3.05. The molecule has 0 saturated heterocycles. The van der Waals surface area contributed by atoms with Crippen LogP contribution in [0.15, 0.2) is 48.8 Å². The van der Waals surface area contributed by atoms with Crippen molar-refractivity contribution in [3.63, 3.8) is 0 Å². The summed E-state index contributed by atoms with van der Waals surface area (Å²) in [4.78, 5) is 15.9. The van der Waals surface area contributed by atoms with Gasteiger partial charge in [-0.25, -0.2) is 0 Å². The Kier molecular flexibility index (Phi) is 5.15. The molecule has 2 aromatic rings. The van der Waals surface area contributed by atoms with Gasteiger partial charge in [0, 0.05) is 12.4 Å². The monoisotopic (exact) mass is 287 g/mol. The van der Waals surface area contributed by atoms with E-state index in [4.69, 9.17) is 14.2 Å². The fraction of sp³-hybridized carbons (Fsp3) is 0.250. The third-order valence-electron chi connectivity index (χ3n) is 3.05. The standard InChI is InChI=1S/C16H17NO4/c1-19-14-7-3-4-8-15(14)21-11-13(16(18)20-2)12-6-5-9-17-10-12/h3-10,13H,11H2,1-2H3. The molecule has 0 aliphatic rings. The lowest BCUT2D eigenvalue weighted by Crippen LogP contribution is -2.21. The average Bonchev–Trinajstić information content (AvgIpc) is 2.56. The van der Waals surface area contributed by atoms with E-state index >= 15 is 0 Å². The maximum absolute atomic E-state index is 11.9. The Morgan fingerprint density at radius 1 is 1.14 bits per heavy atom. The fourth-order valence-corrected chi connectivity index (χ4v) is 1.94. The van der Waals surface area contributed by atoms with Gasteiger partial charge in [-0.2, -0.15) is 0 Å². The number of rotatable bonds is 6. The molecule has 1 atom stereocenters. The van der Waals surface area contributed by atoms with Crippen molar-refractivity contribution in [1.82, 2.24) is 4.98 Å². The van der Waals surface area contributed by atoms with Crippen LogP contribution in [0.3, 0.4) is 0 Å². The van der Waals surface area contributed by atoms with Crippen LogP contribution in [-0.4, -0.2) is 31.8 Å². The molecule has 0 spiro atoms. The highest BCUT2D eigenvalue weighted by molar-refractivity contribution is 5.78. The van der Waals surface area contributed by atoms with E-state index in [-0.39, 0.29) is 12.6 Å². The molecule has 21 heavy (non-hydrogen) atoms. The summed E-state index contributed by atoms with van der Waals surface area (Å²) in [6, 6.07) is 10.9. The highest BCUT2D eigenvalue weighted by Gasteiger charge is 2.23. The van der Waals surface area contributed by atoms with Crippen molar-refractivity contribution in [3.8, 4) is 11.5 Å². The molecule has 0 radical (unpaired) electrons. The molecule has 5 nitrogen and oxygen atoms in total. The van der Waals surface area contributed by atoms with Crippen LogP contribution < -0.4 is 9.47 Å². The van der Waals surface area contributed by atoms with Crippen LogP contribution in [0, 0.1) is 0 Å². The minimum absolute atomic E-state index is 0.152. The van der Waals surface area contributed by atoms with E-state index in [0.29, 0.717) is 11.5 Å². The number of para-hydroxylation sites is 2. The number of pyridine rings is 1. The molecule has 0 saturated carbocycles. The number of carbonyl (C=O) groups excluding carboxylic acids is 1. The highest BCUT2D eigenvalue weighted by Crippen LogP contribution is 2.27. The van der Waals surface area contributed by atoms with Crippen molar-refractivity contribution >= 4 is 5.97 Å². The lowest BCUT2D eigenvalue weighted by atomic mass is 10.0. The van der Waals surface area contributed by atoms with E-state index in [1.54, 1.807) is 37.7 Å². The number of ether oxygens (including phenoxy) is 3. The molecule has 1 unspecified atom stereocenters. The van der Waals surface area contributed by atoms with Crippen LogP contribution in [0.5, 0.6) is 11.5 Å². The number of nitrogens with zero attached hydrogens (tertiary/aromatic N) is 1. The number of hydrogen-bond donors (Lipinski definition) is 0. The maximum Gasteiger partial charge on any atom is 0.316 e. The first-order chi connectivity index (χ1) is 10.3. The minimum atomic E-state index is -0.534. The van der Waals surface area contributed by atoms with Crippen LogP contribution >= 0.6 is 0 Å². The Hall–Kier alpha value is -2.56. The lowest BCUT2D eigenvalue weighted by Gasteiger charge is -2.16. The average molecular weight is 287 g/mol. The summed E-state index contributed by atoms with van der Waals surface area (Å²) in [5.41, 5.74) is 0.749. The smallest absolute Gasteiger partial charge is 0.316 e. The molecule has 1 aromatic heterocycles. The predicted octanol–water partition coefficient (Wildman–Crippen LogP) is 2.43. The van der Waals surface area contributed by atoms with E-state index < -0.39 is 5.92 Å². The minimum Gasteiger partial charge on any atom is -0.493 e. The molecule has 0 aliphatic heterocycles. The van der Waals surface area contributed by atoms with Crippen LogP contribution in [0.25, 0.3) is 0 Å². The summed E-state index contributed by atoms with van der Waals surface area (Å²) in [5.74, 6) is 0.302. The van der Waals surface area contributed by atoms with E-state index in [1.165, 1.54) is 7.11 Å². The van der Waals surface area contributed by atoms with E-state index in [2.05, 4.69) is 4.98 Å². The van der Waals surface area contributed by atoms with Gasteiger partial charge in [0.2, 0.25) is 0 Å². The van der Waals surface area contributed by atoms with Crippen LogP contribution in [0.2, 0.25) is 0 Å². The van der Waals surface area contributed by atoms with Crippen molar-refractivity contribution in [1.29, 1.82) is 0 Å². The topological polar surface area (TPSA) is 57.7 Å². The summed E-state index contributed by atoms with van der Waals surface area (Å²) in [7, 11) is 2.93. The predicted molar refractivity (Wildman–Crippen MR) is 77.5 cm³/mol. The number of aromatic nitrogens is 1.